The van der Waals surface area contributed by atoms with E-state index in [9.17, 15) is 4.79 Å². The first-order chi connectivity index (χ1) is 14.9. The second-order valence-electron chi connectivity index (χ2n) is 14.6. The molecule has 2 spiro atoms. The fourth-order valence-electron chi connectivity index (χ4n) is 11.0. The zero-order chi connectivity index (χ0) is 23.3. The first-order valence-corrected chi connectivity index (χ1v) is 14.1. The van der Waals surface area contributed by atoms with Crippen LogP contribution in [0, 0.1) is 56.7 Å². The number of hydrogen-bond acceptors (Lipinski definition) is 1. The van der Waals surface area contributed by atoms with Gasteiger partial charge in [0.15, 0.2) is 0 Å². The van der Waals surface area contributed by atoms with Gasteiger partial charge < -0.3 is 0 Å². The van der Waals surface area contributed by atoms with Crippen molar-refractivity contribution in [3.8, 4) is 0 Å². The summed E-state index contributed by atoms with van der Waals surface area (Å²) >= 11 is 0. The average Bonchev–Trinajstić information content (AvgIpc) is 3.31. The van der Waals surface area contributed by atoms with Crippen LogP contribution in [0.2, 0.25) is 0 Å². The highest BCUT2D eigenvalue weighted by Crippen LogP contribution is 2.88. The largest absolute Gasteiger partial charge is 0.299 e. The van der Waals surface area contributed by atoms with Gasteiger partial charge in [0.25, 0.3) is 0 Å². The molecule has 2 unspecified atom stereocenters. The third-order valence-corrected chi connectivity index (χ3v) is 13.3. The maximum absolute atomic E-state index is 12.8. The summed E-state index contributed by atoms with van der Waals surface area (Å²) in [5.74, 6) is 4.41. The van der Waals surface area contributed by atoms with Gasteiger partial charge in [-0.15, -0.1) is 0 Å². The molecule has 1 nitrogen and oxygen atoms in total. The number of Topliss-reactive ketones (excluding diaryl/α,β-unsaturated/α-hetero) is 1. The number of hydrogen-bond donors (Lipinski definition) is 0. The molecule has 180 valence electrons. The van der Waals surface area contributed by atoms with E-state index in [0.717, 1.165) is 24.2 Å². The van der Waals surface area contributed by atoms with E-state index in [4.69, 9.17) is 0 Å². The second-order valence-corrected chi connectivity index (χ2v) is 14.6. The van der Waals surface area contributed by atoms with Crippen molar-refractivity contribution >= 4 is 5.78 Å². The number of carbonyl (C=O) groups excluding carboxylic acids is 1. The zero-order valence-electron chi connectivity index (χ0n) is 22.3. The van der Waals surface area contributed by atoms with Crippen molar-refractivity contribution < 1.29 is 4.79 Å². The summed E-state index contributed by atoms with van der Waals surface area (Å²) in [7, 11) is 0. The summed E-state index contributed by atoms with van der Waals surface area (Å²) in [5.41, 5.74) is 3.44. The van der Waals surface area contributed by atoms with E-state index in [1.54, 1.807) is 0 Å². The normalized spacial score (nSPS) is 49.6. The molecule has 0 radical (unpaired) electrons. The van der Waals surface area contributed by atoms with Crippen molar-refractivity contribution in [1.82, 2.24) is 0 Å². The van der Waals surface area contributed by atoms with E-state index >= 15 is 0 Å². The molecule has 8 atom stereocenters. The Morgan fingerprint density at radius 2 is 1.56 bits per heavy atom. The van der Waals surface area contributed by atoms with Gasteiger partial charge in [0.1, 0.15) is 5.78 Å². The van der Waals surface area contributed by atoms with Crippen molar-refractivity contribution in [3.63, 3.8) is 0 Å². The van der Waals surface area contributed by atoms with Gasteiger partial charge in [-0.2, -0.15) is 0 Å². The van der Waals surface area contributed by atoms with Crippen molar-refractivity contribution in [3.05, 3.63) is 12.2 Å². The molecule has 0 aromatic rings. The summed E-state index contributed by atoms with van der Waals surface area (Å²) in [4.78, 5) is 12.8. The molecule has 1 heteroatoms. The van der Waals surface area contributed by atoms with Crippen LogP contribution in [0.5, 0.6) is 0 Å². The SMILES string of the molecule is C=C(CC[C@@H](C)C1CC[C@@]2(C)[C@@H]3CC[C@H]4C(C)(C)C(=O)CC[C@@]45CC35CC[C@]12C)C(C)C. The van der Waals surface area contributed by atoms with E-state index in [0.29, 0.717) is 39.3 Å². The van der Waals surface area contributed by atoms with Crippen LogP contribution in [0.1, 0.15) is 119 Å². The fraction of sp³-hybridized carbons (Fsp3) is 0.903. The van der Waals surface area contributed by atoms with Crippen LogP contribution in [-0.2, 0) is 4.79 Å². The molecule has 0 amide bonds. The highest BCUT2D eigenvalue weighted by Gasteiger charge is 2.82. The number of fused-ring (bicyclic) bond motifs is 2. The number of allylic oxidation sites excluding steroid dienone is 1. The molecule has 5 aliphatic carbocycles. The average molecular weight is 439 g/mol. The minimum absolute atomic E-state index is 0.0834. The Bertz CT molecular complexity index is 820. The Labute approximate surface area is 198 Å². The Hall–Kier alpha value is -0.590. The van der Waals surface area contributed by atoms with Crippen LogP contribution in [0.25, 0.3) is 0 Å². The lowest BCUT2D eigenvalue weighted by atomic mass is 9.42. The molecule has 0 N–H and O–H groups in total. The smallest absolute Gasteiger partial charge is 0.138 e. The van der Waals surface area contributed by atoms with E-state index in [-0.39, 0.29) is 5.41 Å². The van der Waals surface area contributed by atoms with Crippen molar-refractivity contribution in [1.29, 1.82) is 0 Å². The number of carbonyl (C=O) groups is 1. The topological polar surface area (TPSA) is 17.1 Å². The van der Waals surface area contributed by atoms with Crippen LogP contribution < -0.4 is 0 Å². The Kier molecular flexibility index (Phi) is 5.05. The minimum Gasteiger partial charge on any atom is -0.299 e. The maximum Gasteiger partial charge on any atom is 0.138 e. The Balaban J connectivity index is 1.39. The summed E-state index contributed by atoms with van der Waals surface area (Å²) in [6.45, 7) is 21.5. The quantitative estimate of drug-likeness (QED) is 0.393. The predicted octanol–water partition coefficient (Wildman–Crippen LogP) is 8.62. The summed E-state index contributed by atoms with van der Waals surface area (Å²) in [6, 6.07) is 0. The van der Waals surface area contributed by atoms with Crippen molar-refractivity contribution in [2.45, 2.75) is 119 Å². The van der Waals surface area contributed by atoms with Gasteiger partial charge in [-0.25, -0.2) is 0 Å². The number of ketones is 1. The molecular formula is C31H50O. The molecule has 5 fully saturated rings. The maximum atomic E-state index is 12.8. The predicted molar refractivity (Wildman–Crippen MR) is 134 cm³/mol. The van der Waals surface area contributed by atoms with Gasteiger partial charge in [0, 0.05) is 11.8 Å². The van der Waals surface area contributed by atoms with Gasteiger partial charge in [0.2, 0.25) is 0 Å². The van der Waals surface area contributed by atoms with Crippen LogP contribution in [0.4, 0.5) is 0 Å². The van der Waals surface area contributed by atoms with E-state index in [2.05, 4.69) is 55.0 Å². The third-order valence-electron chi connectivity index (χ3n) is 13.3. The van der Waals surface area contributed by atoms with E-state index in [1.165, 1.54) is 69.8 Å². The molecule has 5 aliphatic rings. The molecule has 0 aromatic heterocycles. The Morgan fingerprint density at radius 1 is 0.906 bits per heavy atom. The lowest BCUT2D eigenvalue weighted by Crippen LogP contribution is -2.57. The molecule has 32 heavy (non-hydrogen) atoms. The molecule has 5 saturated carbocycles. The first-order valence-electron chi connectivity index (χ1n) is 14.1. The summed E-state index contributed by atoms with van der Waals surface area (Å²) in [5, 5.41) is 0. The highest BCUT2D eigenvalue weighted by atomic mass is 16.1. The standard InChI is InChI=1S/C31H50O/c1-20(2)21(3)9-10-22(4)23-13-15-29(8)25-12-11-24-27(5,6)26(32)14-16-30(24)19-31(25,30)18-17-28(23,29)7/h20,22-25H,3,9-19H2,1-2,4-8H3/t22-,23?,24+,25+,28-,29+,30-,31?/m1/s1. The summed E-state index contributed by atoms with van der Waals surface area (Å²) < 4.78 is 0. The van der Waals surface area contributed by atoms with E-state index in [1.807, 2.05) is 0 Å². The minimum atomic E-state index is -0.0834. The molecule has 5 rings (SSSR count). The lowest BCUT2D eigenvalue weighted by molar-refractivity contribution is -0.157. The van der Waals surface area contributed by atoms with Crippen LogP contribution in [0.15, 0.2) is 12.2 Å². The molecule has 0 heterocycles. The van der Waals surface area contributed by atoms with Gasteiger partial charge in [-0.1, -0.05) is 60.6 Å². The van der Waals surface area contributed by atoms with Crippen molar-refractivity contribution in [2.24, 2.45) is 56.7 Å². The highest BCUT2D eigenvalue weighted by molar-refractivity contribution is 5.86. The lowest BCUT2D eigenvalue weighted by Gasteiger charge is -2.62. The monoisotopic (exact) mass is 438 g/mol. The van der Waals surface area contributed by atoms with Gasteiger partial charge >= 0.3 is 0 Å². The van der Waals surface area contributed by atoms with E-state index < -0.39 is 0 Å². The third kappa shape index (κ3) is 2.66. The van der Waals surface area contributed by atoms with Crippen LogP contribution in [0.3, 0.4) is 0 Å². The molecule has 0 bridgehead atoms. The number of rotatable bonds is 5. The first kappa shape index (κ1) is 23.2. The van der Waals surface area contributed by atoms with Crippen LogP contribution in [-0.4, -0.2) is 5.78 Å². The van der Waals surface area contributed by atoms with Crippen LogP contribution >= 0.6 is 0 Å². The van der Waals surface area contributed by atoms with Crippen molar-refractivity contribution in [2.75, 3.05) is 0 Å². The fourth-order valence-corrected chi connectivity index (χ4v) is 11.0. The second kappa shape index (κ2) is 6.97. The zero-order valence-corrected chi connectivity index (χ0v) is 22.3. The van der Waals surface area contributed by atoms with Gasteiger partial charge in [-0.3, -0.25) is 4.79 Å². The molecule has 0 saturated heterocycles. The summed E-state index contributed by atoms with van der Waals surface area (Å²) in [6.07, 6.45) is 14.5. The Morgan fingerprint density at radius 3 is 2.25 bits per heavy atom. The van der Waals surface area contributed by atoms with Gasteiger partial charge in [0.05, 0.1) is 0 Å². The molecule has 0 aromatic carbocycles. The molecule has 0 aliphatic heterocycles. The van der Waals surface area contributed by atoms with Gasteiger partial charge in [-0.05, 0) is 115 Å². The molecular weight excluding hydrogens is 388 g/mol.